The summed E-state index contributed by atoms with van der Waals surface area (Å²) in [4.78, 5) is 7.18. The van der Waals surface area contributed by atoms with Gasteiger partial charge in [-0.25, -0.2) is 4.98 Å². The van der Waals surface area contributed by atoms with Crippen LogP contribution in [0.15, 0.2) is 47.8 Å². The molecule has 27 heavy (non-hydrogen) atoms. The average molecular weight is 400 g/mol. The topological polar surface area (TPSA) is 37.4 Å². The molecule has 0 saturated carbocycles. The lowest BCUT2D eigenvalue weighted by Gasteiger charge is -2.28. The third-order valence-electron chi connectivity index (χ3n) is 4.79. The predicted octanol–water partition coefficient (Wildman–Crippen LogP) is 6.21. The van der Waals surface area contributed by atoms with Crippen molar-refractivity contribution in [3.8, 4) is 17.0 Å². The zero-order valence-electron chi connectivity index (χ0n) is 15.2. The van der Waals surface area contributed by atoms with E-state index in [1.807, 2.05) is 18.2 Å². The molecule has 0 bridgehead atoms. The Bertz CT molecular complexity index is 904. The predicted molar refractivity (Wildman–Crippen MR) is 115 cm³/mol. The summed E-state index contributed by atoms with van der Waals surface area (Å²) in [6, 6.07) is 14.3. The van der Waals surface area contributed by atoms with E-state index in [2.05, 4.69) is 39.9 Å². The fourth-order valence-corrected chi connectivity index (χ4v) is 4.32. The van der Waals surface area contributed by atoms with Gasteiger partial charge in [0, 0.05) is 35.4 Å². The summed E-state index contributed by atoms with van der Waals surface area (Å²) in [7, 11) is 1.61. The molecule has 2 aromatic carbocycles. The van der Waals surface area contributed by atoms with Gasteiger partial charge in [0.15, 0.2) is 5.13 Å². The fraction of sp³-hybridized carbons (Fsp3) is 0.286. The second-order valence-electron chi connectivity index (χ2n) is 6.61. The monoisotopic (exact) mass is 399 g/mol. The molecule has 0 atom stereocenters. The molecular formula is C21H22ClN3OS. The molecule has 0 unspecified atom stereocenters. The molecule has 4 nitrogen and oxygen atoms in total. The Hall–Kier alpha value is -2.24. The van der Waals surface area contributed by atoms with Crippen molar-refractivity contribution in [2.45, 2.75) is 19.3 Å². The van der Waals surface area contributed by atoms with E-state index < -0.39 is 0 Å². The maximum atomic E-state index is 6.19. The highest BCUT2D eigenvalue weighted by Crippen LogP contribution is 2.32. The lowest BCUT2D eigenvalue weighted by atomic mass is 10.1. The van der Waals surface area contributed by atoms with E-state index >= 15 is 0 Å². The van der Waals surface area contributed by atoms with Crippen molar-refractivity contribution in [3.63, 3.8) is 0 Å². The first-order valence-electron chi connectivity index (χ1n) is 9.14. The molecule has 0 spiro atoms. The molecule has 3 aromatic rings. The summed E-state index contributed by atoms with van der Waals surface area (Å²) in [6.07, 6.45) is 3.93. The molecule has 0 amide bonds. The van der Waals surface area contributed by atoms with Crippen LogP contribution in [0.1, 0.15) is 19.3 Å². The molecule has 2 heterocycles. The maximum Gasteiger partial charge on any atom is 0.187 e. The molecule has 1 N–H and O–H groups in total. The zero-order valence-corrected chi connectivity index (χ0v) is 16.8. The second-order valence-corrected chi connectivity index (χ2v) is 7.87. The van der Waals surface area contributed by atoms with Crippen molar-refractivity contribution in [2.75, 3.05) is 30.4 Å². The van der Waals surface area contributed by atoms with Crippen LogP contribution in [0, 0.1) is 0 Å². The van der Waals surface area contributed by atoms with Crippen LogP contribution in [0.2, 0.25) is 5.02 Å². The number of anilines is 3. The van der Waals surface area contributed by atoms with Gasteiger partial charge in [-0.1, -0.05) is 23.7 Å². The van der Waals surface area contributed by atoms with Crippen molar-refractivity contribution in [1.29, 1.82) is 0 Å². The lowest BCUT2D eigenvalue weighted by molar-refractivity contribution is 0.415. The Morgan fingerprint density at radius 1 is 1.07 bits per heavy atom. The average Bonchev–Trinajstić information content (AvgIpc) is 3.17. The van der Waals surface area contributed by atoms with Gasteiger partial charge in [-0.2, -0.15) is 0 Å². The summed E-state index contributed by atoms with van der Waals surface area (Å²) < 4.78 is 5.19. The summed E-state index contributed by atoms with van der Waals surface area (Å²) in [5.74, 6) is 0.663. The molecule has 1 saturated heterocycles. The number of methoxy groups -OCH3 is 1. The normalized spacial score (nSPS) is 14.2. The first-order chi connectivity index (χ1) is 13.2. The van der Waals surface area contributed by atoms with E-state index in [-0.39, 0.29) is 0 Å². The van der Waals surface area contributed by atoms with Gasteiger partial charge in [-0.3, -0.25) is 0 Å². The van der Waals surface area contributed by atoms with Crippen LogP contribution < -0.4 is 15.0 Å². The van der Waals surface area contributed by atoms with E-state index in [0.717, 1.165) is 35.2 Å². The Kier molecular flexibility index (Phi) is 5.50. The molecule has 0 radical (unpaired) electrons. The van der Waals surface area contributed by atoms with E-state index in [0.29, 0.717) is 10.8 Å². The fourth-order valence-electron chi connectivity index (χ4n) is 3.33. The third-order valence-corrected chi connectivity index (χ3v) is 5.84. The van der Waals surface area contributed by atoms with Crippen molar-refractivity contribution in [3.05, 3.63) is 52.9 Å². The number of ether oxygens (including phenoxy) is 1. The summed E-state index contributed by atoms with van der Waals surface area (Å²) in [5.41, 5.74) is 4.31. The van der Waals surface area contributed by atoms with Crippen LogP contribution in [0.25, 0.3) is 11.3 Å². The molecular weight excluding hydrogens is 378 g/mol. The number of halogens is 1. The van der Waals surface area contributed by atoms with Crippen molar-refractivity contribution in [1.82, 2.24) is 4.98 Å². The van der Waals surface area contributed by atoms with Crippen LogP contribution in [0.3, 0.4) is 0 Å². The van der Waals surface area contributed by atoms with Crippen LogP contribution in [0.4, 0.5) is 16.5 Å². The van der Waals surface area contributed by atoms with Crippen LogP contribution in [-0.4, -0.2) is 25.2 Å². The minimum atomic E-state index is 0.576. The number of nitrogens with zero attached hydrogens (tertiary/aromatic N) is 2. The van der Waals surface area contributed by atoms with Gasteiger partial charge in [0.25, 0.3) is 0 Å². The quantitative estimate of drug-likeness (QED) is 0.553. The Balaban J connectivity index is 1.46. The van der Waals surface area contributed by atoms with Crippen LogP contribution in [0.5, 0.6) is 5.75 Å². The summed E-state index contributed by atoms with van der Waals surface area (Å²) >= 11 is 7.77. The zero-order chi connectivity index (χ0) is 18.6. The molecule has 1 aromatic heterocycles. The van der Waals surface area contributed by atoms with Crippen LogP contribution in [-0.2, 0) is 0 Å². The van der Waals surface area contributed by atoms with E-state index in [1.165, 1.54) is 24.9 Å². The van der Waals surface area contributed by atoms with Crippen LogP contribution >= 0.6 is 22.9 Å². The van der Waals surface area contributed by atoms with Crippen molar-refractivity contribution >= 4 is 39.4 Å². The summed E-state index contributed by atoms with van der Waals surface area (Å²) in [6.45, 7) is 2.32. The van der Waals surface area contributed by atoms with E-state index in [1.54, 1.807) is 18.4 Å². The number of aromatic nitrogens is 1. The molecule has 0 aliphatic carbocycles. The number of nitrogens with one attached hydrogen (secondary N) is 1. The highest BCUT2D eigenvalue weighted by Gasteiger charge is 2.12. The lowest BCUT2D eigenvalue weighted by Crippen LogP contribution is -2.29. The number of thiazole rings is 1. The molecule has 6 heteroatoms. The highest BCUT2D eigenvalue weighted by molar-refractivity contribution is 7.14. The van der Waals surface area contributed by atoms with E-state index in [9.17, 15) is 0 Å². The first kappa shape index (κ1) is 18.1. The Morgan fingerprint density at radius 3 is 2.56 bits per heavy atom. The van der Waals surface area contributed by atoms with Gasteiger partial charge in [0.1, 0.15) is 5.75 Å². The van der Waals surface area contributed by atoms with Gasteiger partial charge in [0.2, 0.25) is 0 Å². The van der Waals surface area contributed by atoms with Crippen molar-refractivity contribution < 1.29 is 4.74 Å². The largest absolute Gasteiger partial charge is 0.495 e. The molecule has 1 fully saturated rings. The Morgan fingerprint density at radius 2 is 1.85 bits per heavy atom. The Labute approximate surface area is 168 Å². The summed E-state index contributed by atoms with van der Waals surface area (Å²) in [5, 5.41) is 6.80. The molecule has 140 valence electrons. The first-order valence-corrected chi connectivity index (χ1v) is 10.4. The maximum absolute atomic E-state index is 6.19. The number of benzene rings is 2. The molecule has 1 aliphatic rings. The van der Waals surface area contributed by atoms with Gasteiger partial charge < -0.3 is 15.0 Å². The van der Waals surface area contributed by atoms with E-state index in [4.69, 9.17) is 21.3 Å². The van der Waals surface area contributed by atoms with Gasteiger partial charge >= 0.3 is 0 Å². The number of hydrogen-bond acceptors (Lipinski definition) is 5. The second kappa shape index (κ2) is 8.19. The minimum Gasteiger partial charge on any atom is -0.495 e. The number of piperidine rings is 1. The highest BCUT2D eigenvalue weighted by atomic mass is 35.5. The number of rotatable bonds is 5. The van der Waals surface area contributed by atoms with Gasteiger partial charge in [0.05, 0.1) is 17.8 Å². The van der Waals surface area contributed by atoms with Gasteiger partial charge in [-0.15, -0.1) is 11.3 Å². The molecule has 1 aliphatic heterocycles. The van der Waals surface area contributed by atoms with Gasteiger partial charge in [-0.05, 0) is 49.6 Å². The third kappa shape index (κ3) is 4.20. The SMILES string of the molecule is COc1ccc(Nc2nc(-c3ccc(N4CCCCC4)cc3)cs2)cc1Cl. The minimum absolute atomic E-state index is 0.576. The number of hydrogen-bond donors (Lipinski definition) is 1. The smallest absolute Gasteiger partial charge is 0.187 e. The molecule has 4 rings (SSSR count). The van der Waals surface area contributed by atoms with Crippen molar-refractivity contribution in [2.24, 2.45) is 0 Å². The standard InChI is InChI=1S/C21H22ClN3OS/c1-26-20-10-7-16(13-18(20)22)23-21-24-19(14-27-21)15-5-8-17(9-6-15)25-11-3-2-4-12-25/h5-10,13-14H,2-4,11-12H2,1H3,(H,23,24).